The lowest BCUT2D eigenvalue weighted by molar-refractivity contribution is -0.132. The fraction of sp³-hybridized carbons (Fsp3) is 0.409. The summed E-state index contributed by atoms with van der Waals surface area (Å²) in [7, 11) is 0. The van der Waals surface area contributed by atoms with Crippen LogP contribution in [-0.4, -0.2) is 37.0 Å². The Hall–Kier alpha value is -2.49. The van der Waals surface area contributed by atoms with Gasteiger partial charge < -0.3 is 14.5 Å². The van der Waals surface area contributed by atoms with Crippen LogP contribution in [0.15, 0.2) is 54.6 Å². The van der Waals surface area contributed by atoms with Crippen molar-refractivity contribution < 1.29 is 9.53 Å². The topological polar surface area (TPSA) is 32.8 Å². The number of rotatable bonds is 6. The van der Waals surface area contributed by atoms with E-state index in [2.05, 4.69) is 43.0 Å². The first-order valence-electron chi connectivity index (χ1n) is 9.41. The SMILES string of the molecule is CC(C)CC(=O)N1CCN(c2ccc(OCc3ccccc3)cc2)CC1. The van der Waals surface area contributed by atoms with Crippen LogP contribution in [0.5, 0.6) is 5.75 Å². The van der Waals surface area contributed by atoms with Crippen molar-refractivity contribution in [3.8, 4) is 5.75 Å². The Bertz CT molecular complexity index is 690. The van der Waals surface area contributed by atoms with Crippen LogP contribution in [0.3, 0.4) is 0 Å². The fourth-order valence-corrected chi connectivity index (χ4v) is 3.19. The molecule has 0 bridgehead atoms. The molecule has 0 aromatic heterocycles. The molecule has 1 aliphatic rings. The van der Waals surface area contributed by atoms with Crippen molar-refractivity contribution in [2.75, 3.05) is 31.1 Å². The molecule has 138 valence electrons. The average Bonchev–Trinajstić information content (AvgIpc) is 2.67. The molecule has 4 nitrogen and oxygen atoms in total. The highest BCUT2D eigenvalue weighted by atomic mass is 16.5. The summed E-state index contributed by atoms with van der Waals surface area (Å²) in [4.78, 5) is 16.5. The third-order valence-electron chi connectivity index (χ3n) is 4.67. The number of carbonyl (C=O) groups is 1. The molecular weight excluding hydrogens is 324 g/mol. The molecule has 1 amide bonds. The molecule has 1 aliphatic heterocycles. The minimum Gasteiger partial charge on any atom is -0.489 e. The summed E-state index contributed by atoms with van der Waals surface area (Å²) >= 11 is 0. The van der Waals surface area contributed by atoms with Gasteiger partial charge in [-0.05, 0) is 35.7 Å². The van der Waals surface area contributed by atoms with Gasteiger partial charge in [0.1, 0.15) is 12.4 Å². The summed E-state index contributed by atoms with van der Waals surface area (Å²) in [6.45, 7) is 8.14. The van der Waals surface area contributed by atoms with E-state index in [1.165, 1.54) is 11.3 Å². The van der Waals surface area contributed by atoms with Gasteiger partial charge in [-0.2, -0.15) is 0 Å². The van der Waals surface area contributed by atoms with E-state index in [1.807, 2.05) is 35.2 Å². The Morgan fingerprint density at radius 3 is 2.23 bits per heavy atom. The van der Waals surface area contributed by atoms with Gasteiger partial charge in [-0.25, -0.2) is 0 Å². The van der Waals surface area contributed by atoms with E-state index in [-0.39, 0.29) is 5.91 Å². The van der Waals surface area contributed by atoms with Gasteiger partial charge in [0.15, 0.2) is 0 Å². The van der Waals surface area contributed by atoms with Crippen LogP contribution in [0.2, 0.25) is 0 Å². The van der Waals surface area contributed by atoms with Gasteiger partial charge in [-0.3, -0.25) is 4.79 Å². The van der Waals surface area contributed by atoms with Crippen molar-refractivity contribution in [3.63, 3.8) is 0 Å². The van der Waals surface area contributed by atoms with E-state index in [0.29, 0.717) is 18.9 Å². The number of nitrogens with zero attached hydrogens (tertiary/aromatic N) is 2. The van der Waals surface area contributed by atoms with Gasteiger partial charge in [0, 0.05) is 38.3 Å². The Labute approximate surface area is 156 Å². The van der Waals surface area contributed by atoms with Gasteiger partial charge in [-0.15, -0.1) is 0 Å². The van der Waals surface area contributed by atoms with Gasteiger partial charge in [0.2, 0.25) is 5.91 Å². The van der Waals surface area contributed by atoms with Crippen LogP contribution in [0, 0.1) is 5.92 Å². The number of carbonyl (C=O) groups excluding carboxylic acids is 1. The van der Waals surface area contributed by atoms with Crippen LogP contribution >= 0.6 is 0 Å². The monoisotopic (exact) mass is 352 g/mol. The molecule has 0 radical (unpaired) electrons. The lowest BCUT2D eigenvalue weighted by atomic mass is 10.1. The molecule has 26 heavy (non-hydrogen) atoms. The summed E-state index contributed by atoms with van der Waals surface area (Å²) in [5.74, 6) is 1.58. The highest BCUT2D eigenvalue weighted by Gasteiger charge is 2.21. The normalized spacial score (nSPS) is 14.6. The number of benzene rings is 2. The van der Waals surface area contributed by atoms with Gasteiger partial charge >= 0.3 is 0 Å². The molecule has 1 heterocycles. The molecule has 2 aromatic carbocycles. The lowest BCUT2D eigenvalue weighted by Gasteiger charge is -2.36. The largest absolute Gasteiger partial charge is 0.489 e. The summed E-state index contributed by atoms with van der Waals surface area (Å²) < 4.78 is 5.85. The van der Waals surface area contributed by atoms with Crippen LogP contribution < -0.4 is 9.64 Å². The second-order valence-electron chi connectivity index (χ2n) is 7.23. The summed E-state index contributed by atoms with van der Waals surface area (Å²) in [5.41, 5.74) is 2.35. The Morgan fingerprint density at radius 2 is 1.62 bits per heavy atom. The maximum absolute atomic E-state index is 12.2. The standard InChI is InChI=1S/C22H28N2O2/c1-18(2)16-22(25)24-14-12-23(13-15-24)20-8-10-21(11-9-20)26-17-19-6-4-3-5-7-19/h3-11,18H,12-17H2,1-2H3. The van der Waals surface area contributed by atoms with Gasteiger partial charge in [-0.1, -0.05) is 44.2 Å². The molecule has 1 saturated heterocycles. The van der Waals surface area contributed by atoms with E-state index in [4.69, 9.17) is 4.74 Å². The summed E-state index contributed by atoms with van der Waals surface area (Å²) in [6, 6.07) is 18.4. The van der Waals surface area contributed by atoms with Crippen LogP contribution in [0.4, 0.5) is 5.69 Å². The quantitative estimate of drug-likeness (QED) is 0.789. The van der Waals surface area contributed by atoms with Gasteiger partial charge in [0.05, 0.1) is 0 Å². The number of anilines is 1. The van der Waals surface area contributed by atoms with Crippen molar-refractivity contribution in [1.29, 1.82) is 0 Å². The predicted octanol–water partition coefficient (Wildman–Crippen LogP) is 3.96. The van der Waals surface area contributed by atoms with Crippen molar-refractivity contribution >= 4 is 11.6 Å². The van der Waals surface area contributed by atoms with Crippen molar-refractivity contribution in [1.82, 2.24) is 4.90 Å². The summed E-state index contributed by atoms with van der Waals surface area (Å²) in [5, 5.41) is 0. The molecular formula is C22H28N2O2. The van der Waals surface area contributed by atoms with Crippen LogP contribution in [0.1, 0.15) is 25.8 Å². The smallest absolute Gasteiger partial charge is 0.222 e. The van der Waals surface area contributed by atoms with Crippen molar-refractivity contribution in [2.24, 2.45) is 5.92 Å². The van der Waals surface area contributed by atoms with E-state index in [1.54, 1.807) is 0 Å². The molecule has 4 heteroatoms. The molecule has 0 saturated carbocycles. The van der Waals surface area contributed by atoms with Crippen LogP contribution in [0.25, 0.3) is 0 Å². The molecule has 0 N–H and O–H groups in total. The molecule has 0 atom stereocenters. The highest BCUT2D eigenvalue weighted by molar-refractivity contribution is 5.76. The molecule has 0 aliphatic carbocycles. The zero-order valence-electron chi connectivity index (χ0n) is 15.7. The Morgan fingerprint density at radius 1 is 0.962 bits per heavy atom. The van der Waals surface area contributed by atoms with E-state index in [9.17, 15) is 4.79 Å². The Balaban J connectivity index is 1.49. The molecule has 0 spiro atoms. The first-order chi connectivity index (χ1) is 12.6. The number of hydrogen-bond donors (Lipinski definition) is 0. The zero-order valence-corrected chi connectivity index (χ0v) is 15.7. The highest BCUT2D eigenvalue weighted by Crippen LogP contribution is 2.22. The number of ether oxygens (including phenoxy) is 1. The van der Waals surface area contributed by atoms with E-state index in [0.717, 1.165) is 31.9 Å². The maximum Gasteiger partial charge on any atom is 0.222 e. The van der Waals surface area contributed by atoms with Crippen molar-refractivity contribution in [3.05, 3.63) is 60.2 Å². The number of hydrogen-bond acceptors (Lipinski definition) is 3. The second-order valence-corrected chi connectivity index (χ2v) is 7.23. The van der Waals surface area contributed by atoms with E-state index >= 15 is 0 Å². The van der Waals surface area contributed by atoms with E-state index < -0.39 is 0 Å². The molecule has 0 unspecified atom stereocenters. The Kier molecular flexibility index (Phi) is 6.16. The predicted molar refractivity (Wildman–Crippen MR) is 105 cm³/mol. The number of amides is 1. The summed E-state index contributed by atoms with van der Waals surface area (Å²) in [6.07, 6.45) is 0.646. The van der Waals surface area contributed by atoms with Crippen LogP contribution in [-0.2, 0) is 11.4 Å². The van der Waals surface area contributed by atoms with Crippen molar-refractivity contribution in [2.45, 2.75) is 26.9 Å². The minimum atomic E-state index is 0.282. The first kappa shape index (κ1) is 18.3. The third kappa shape index (κ3) is 5.01. The van der Waals surface area contributed by atoms with Gasteiger partial charge in [0.25, 0.3) is 0 Å². The average molecular weight is 352 g/mol. The second kappa shape index (κ2) is 8.75. The number of piperazine rings is 1. The lowest BCUT2D eigenvalue weighted by Crippen LogP contribution is -2.49. The molecule has 2 aromatic rings. The first-order valence-corrected chi connectivity index (χ1v) is 9.41. The maximum atomic E-state index is 12.2. The third-order valence-corrected chi connectivity index (χ3v) is 4.67. The molecule has 3 rings (SSSR count). The minimum absolute atomic E-state index is 0.282. The fourth-order valence-electron chi connectivity index (χ4n) is 3.19. The molecule has 1 fully saturated rings. The zero-order chi connectivity index (χ0) is 18.4.